The lowest BCUT2D eigenvalue weighted by Gasteiger charge is -2.30. The van der Waals surface area contributed by atoms with Crippen molar-refractivity contribution < 1.29 is 0 Å². The second kappa shape index (κ2) is 13.3. The Morgan fingerprint density at radius 1 is 0.581 bits per heavy atom. The van der Waals surface area contributed by atoms with E-state index in [2.05, 4.69) is 204 Å². The Labute approximate surface area is 366 Å². The van der Waals surface area contributed by atoms with Gasteiger partial charge in [-0.05, 0) is 65.0 Å². The smallest absolute Gasteiger partial charge is 0.155 e. The predicted octanol–water partition coefficient (Wildman–Crippen LogP) is 14.5. The van der Waals surface area contributed by atoms with E-state index in [0.29, 0.717) is 0 Å². The summed E-state index contributed by atoms with van der Waals surface area (Å²) in [5, 5.41) is 7.92. The number of thioether (sulfide) groups is 1. The van der Waals surface area contributed by atoms with E-state index in [-0.39, 0.29) is 23.3 Å². The van der Waals surface area contributed by atoms with Gasteiger partial charge in [0.05, 0.1) is 34.1 Å². The molecular formula is C56H36N4S2. The highest BCUT2D eigenvalue weighted by molar-refractivity contribution is 8.01. The van der Waals surface area contributed by atoms with E-state index >= 15 is 0 Å². The first-order valence-electron chi connectivity index (χ1n) is 21.4. The first-order valence-corrected chi connectivity index (χ1v) is 23.1. The summed E-state index contributed by atoms with van der Waals surface area (Å²) in [4.78, 5) is 14.8. The molecule has 0 bridgehead atoms. The Hall–Kier alpha value is -6.99. The molecule has 0 saturated carbocycles. The summed E-state index contributed by atoms with van der Waals surface area (Å²) in [6.07, 6.45) is 7.05. The minimum Gasteiger partial charge on any atom is -0.333 e. The van der Waals surface area contributed by atoms with Crippen LogP contribution in [-0.2, 0) is 0 Å². The second-order valence-electron chi connectivity index (χ2n) is 16.7. The molecule has 4 unspecified atom stereocenters. The highest BCUT2D eigenvalue weighted by Crippen LogP contribution is 2.51. The molecule has 4 aliphatic rings. The Morgan fingerprint density at radius 2 is 1.31 bits per heavy atom. The van der Waals surface area contributed by atoms with Crippen molar-refractivity contribution in [3.63, 3.8) is 0 Å². The van der Waals surface area contributed by atoms with E-state index in [1.807, 2.05) is 23.1 Å². The average Bonchev–Trinajstić information content (AvgIpc) is 4.10. The maximum Gasteiger partial charge on any atom is 0.155 e. The van der Waals surface area contributed by atoms with Crippen LogP contribution in [0, 0.1) is 0 Å². The summed E-state index contributed by atoms with van der Waals surface area (Å²) >= 11 is 3.80. The summed E-state index contributed by atoms with van der Waals surface area (Å²) in [5.74, 6) is 0.999. The highest BCUT2D eigenvalue weighted by atomic mass is 32.2. The van der Waals surface area contributed by atoms with Gasteiger partial charge in [0.1, 0.15) is 0 Å². The number of rotatable bonds is 4. The summed E-state index contributed by atoms with van der Waals surface area (Å²) in [6, 6.07) is 64.5. The van der Waals surface area contributed by atoms with E-state index in [9.17, 15) is 0 Å². The number of nitrogens with zero attached hydrogens (tertiary/aromatic N) is 4. The van der Waals surface area contributed by atoms with E-state index in [4.69, 9.17) is 9.98 Å². The average molecular weight is 829 g/mol. The fraction of sp³-hybridized carbons (Fsp3) is 0.0714. The van der Waals surface area contributed by atoms with Crippen LogP contribution in [0.4, 0.5) is 11.4 Å². The van der Waals surface area contributed by atoms with Crippen molar-refractivity contribution in [2.75, 3.05) is 4.90 Å². The van der Waals surface area contributed by atoms with Crippen LogP contribution in [0.1, 0.15) is 28.7 Å². The summed E-state index contributed by atoms with van der Waals surface area (Å²) in [7, 11) is 0. The third-order valence-corrected chi connectivity index (χ3v) is 16.0. The number of amidine groups is 1. The molecule has 5 heterocycles. The van der Waals surface area contributed by atoms with Gasteiger partial charge < -0.3 is 9.47 Å². The van der Waals surface area contributed by atoms with Gasteiger partial charge in [-0.25, -0.2) is 4.99 Å². The van der Waals surface area contributed by atoms with E-state index in [1.165, 1.54) is 85.7 Å². The standard InChI is InChI=1S/C56H36N4S2/c1-2-14-35(15-3-1)59-44-22-10-6-16-37(44)43-32-34(28-31-46(43)59)56-57-51(55-52(58-56)42-21-9-13-25-48(42)62-55)33-26-29-36(30-27-33)60-45-23-11-7-19-40(45)49-38-17-4-5-18-39(38)54-50(53(49)60)41-20-8-12-24-47(41)61-54/h1-32,43,46,51,55H. The molecule has 0 fully saturated rings. The first kappa shape index (κ1) is 34.7. The monoisotopic (exact) mass is 828 g/mol. The van der Waals surface area contributed by atoms with Crippen molar-refractivity contribution in [3.05, 3.63) is 216 Å². The fourth-order valence-corrected chi connectivity index (χ4v) is 13.4. The van der Waals surface area contributed by atoms with Gasteiger partial charge in [-0.3, -0.25) is 4.99 Å². The molecule has 1 aliphatic carbocycles. The Morgan fingerprint density at radius 3 is 2.19 bits per heavy atom. The molecule has 4 nitrogen and oxygen atoms in total. The molecule has 62 heavy (non-hydrogen) atoms. The van der Waals surface area contributed by atoms with Crippen LogP contribution in [0.25, 0.3) is 58.4 Å². The lowest BCUT2D eigenvalue weighted by molar-refractivity contribution is 0.739. The largest absolute Gasteiger partial charge is 0.333 e. The first-order chi connectivity index (χ1) is 30.8. The van der Waals surface area contributed by atoms with Crippen molar-refractivity contribution in [2.45, 2.75) is 28.1 Å². The van der Waals surface area contributed by atoms with Crippen LogP contribution in [0.5, 0.6) is 0 Å². The summed E-state index contributed by atoms with van der Waals surface area (Å²) in [5.41, 5.74) is 12.1. The molecule has 292 valence electrons. The molecule has 0 amide bonds. The van der Waals surface area contributed by atoms with Crippen molar-refractivity contribution in [3.8, 4) is 5.69 Å². The predicted molar refractivity (Wildman–Crippen MR) is 263 cm³/mol. The number of anilines is 2. The summed E-state index contributed by atoms with van der Waals surface area (Å²) < 4.78 is 5.17. The SMILES string of the molecule is C1=CC2C(C=C1C1=NC(c3ccc(-n4c5ccccc5c5c6ccccc6c6sc7ccccc7c6c54)cc3)C3Sc4ccccc4C3=N1)c1ccccc1N2c1ccccc1. The van der Waals surface area contributed by atoms with Crippen molar-refractivity contribution in [1.29, 1.82) is 0 Å². The zero-order chi connectivity index (χ0) is 40.5. The number of para-hydroxylation sites is 3. The maximum absolute atomic E-state index is 5.61. The molecule has 0 spiro atoms. The van der Waals surface area contributed by atoms with Crippen molar-refractivity contribution >= 4 is 98.8 Å². The summed E-state index contributed by atoms with van der Waals surface area (Å²) in [6.45, 7) is 0. The van der Waals surface area contributed by atoms with Gasteiger partial charge >= 0.3 is 0 Å². The zero-order valence-corrected chi connectivity index (χ0v) is 35.0. The van der Waals surface area contributed by atoms with Gasteiger partial charge in [0.2, 0.25) is 0 Å². The fourth-order valence-electron chi connectivity index (χ4n) is 10.8. The minimum atomic E-state index is -0.109. The molecule has 3 aliphatic heterocycles. The van der Waals surface area contributed by atoms with E-state index in [0.717, 1.165) is 22.8 Å². The Kier molecular flexibility index (Phi) is 7.42. The number of hydrogen-bond donors (Lipinski definition) is 0. The minimum absolute atomic E-state index is 0.0834. The molecule has 8 aromatic carbocycles. The molecule has 6 heteroatoms. The van der Waals surface area contributed by atoms with Crippen LogP contribution in [-0.4, -0.2) is 27.4 Å². The van der Waals surface area contributed by atoms with Gasteiger partial charge in [0, 0.05) is 75.3 Å². The molecule has 0 N–H and O–H groups in total. The van der Waals surface area contributed by atoms with E-state index < -0.39 is 0 Å². The third-order valence-electron chi connectivity index (χ3n) is 13.4. The zero-order valence-electron chi connectivity index (χ0n) is 33.4. The molecule has 2 aromatic heterocycles. The van der Waals surface area contributed by atoms with Gasteiger partial charge in [-0.15, -0.1) is 23.1 Å². The molecule has 10 aromatic rings. The van der Waals surface area contributed by atoms with Gasteiger partial charge in [-0.2, -0.15) is 0 Å². The number of hydrogen-bond acceptors (Lipinski definition) is 5. The normalized spacial score (nSPS) is 20.1. The lowest BCUT2D eigenvalue weighted by Crippen LogP contribution is -2.31. The van der Waals surface area contributed by atoms with Crippen LogP contribution < -0.4 is 4.90 Å². The molecule has 0 saturated heterocycles. The van der Waals surface area contributed by atoms with E-state index in [1.54, 1.807) is 0 Å². The van der Waals surface area contributed by atoms with Crippen LogP contribution in [0.2, 0.25) is 0 Å². The molecule has 0 radical (unpaired) electrons. The van der Waals surface area contributed by atoms with Gasteiger partial charge in [-0.1, -0.05) is 146 Å². The van der Waals surface area contributed by atoms with Gasteiger partial charge in [0.15, 0.2) is 5.84 Å². The van der Waals surface area contributed by atoms with Crippen LogP contribution in [0.3, 0.4) is 0 Å². The quantitative estimate of drug-likeness (QED) is 0.177. The van der Waals surface area contributed by atoms with Crippen molar-refractivity contribution in [1.82, 2.24) is 4.57 Å². The lowest BCUT2D eigenvalue weighted by atomic mass is 9.87. The Bertz CT molecular complexity index is 3650. The molecule has 4 atom stereocenters. The number of benzene rings is 8. The van der Waals surface area contributed by atoms with Gasteiger partial charge in [0.25, 0.3) is 0 Å². The van der Waals surface area contributed by atoms with Crippen LogP contribution >= 0.6 is 23.1 Å². The molecular weight excluding hydrogens is 793 g/mol. The number of fused-ring (bicyclic) bond motifs is 16. The second-order valence-corrected chi connectivity index (χ2v) is 18.9. The maximum atomic E-state index is 5.61. The number of aromatic nitrogens is 1. The topological polar surface area (TPSA) is 32.9 Å². The van der Waals surface area contributed by atoms with Crippen LogP contribution in [0.15, 0.2) is 215 Å². The third kappa shape index (κ3) is 4.90. The van der Waals surface area contributed by atoms with Crippen molar-refractivity contribution in [2.24, 2.45) is 9.98 Å². The number of thiophene rings is 1. The Balaban J connectivity index is 0.919. The molecule has 14 rings (SSSR count). The highest BCUT2D eigenvalue weighted by Gasteiger charge is 2.42. The number of aliphatic imine (C=N–C) groups is 2.